The van der Waals surface area contributed by atoms with Crippen molar-refractivity contribution in [1.29, 1.82) is 0 Å². The van der Waals surface area contributed by atoms with Crippen LogP contribution in [-0.2, 0) is 19.7 Å². The maximum atomic E-state index is 12.4. The molecule has 0 spiro atoms. The highest BCUT2D eigenvalue weighted by molar-refractivity contribution is 6.02. The SMILES string of the molecule is COc1ccc([C@]2(C(=O)OC(C)C)C=CC(=O)C2)cc1. The Hall–Kier alpha value is -2.10. The molecule has 4 nitrogen and oxygen atoms in total. The Morgan fingerprint density at radius 2 is 1.90 bits per heavy atom. The maximum absolute atomic E-state index is 12.4. The Balaban J connectivity index is 2.39. The van der Waals surface area contributed by atoms with Crippen molar-refractivity contribution >= 4 is 11.8 Å². The van der Waals surface area contributed by atoms with E-state index in [4.69, 9.17) is 9.47 Å². The van der Waals surface area contributed by atoms with Gasteiger partial charge in [-0.2, -0.15) is 0 Å². The smallest absolute Gasteiger partial charge is 0.321 e. The van der Waals surface area contributed by atoms with Gasteiger partial charge in [-0.15, -0.1) is 0 Å². The predicted octanol–water partition coefficient (Wildman–Crippen LogP) is 2.41. The summed E-state index contributed by atoms with van der Waals surface area (Å²) in [5.41, 5.74) is -0.265. The van der Waals surface area contributed by atoms with Crippen LogP contribution >= 0.6 is 0 Å². The number of rotatable bonds is 4. The second-order valence-electron chi connectivity index (χ2n) is 5.13. The van der Waals surface area contributed by atoms with Crippen molar-refractivity contribution in [3.05, 3.63) is 42.0 Å². The van der Waals surface area contributed by atoms with E-state index < -0.39 is 5.41 Å². The summed E-state index contributed by atoms with van der Waals surface area (Å²) in [7, 11) is 1.58. The zero-order valence-electron chi connectivity index (χ0n) is 11.9. The number of hydrogen-bond donors (Lipinski definition) is 0. The molecule has 0 unspecified atom stereocenters. The summed E-state index contributed by atoms with van der Waals surface area (Å²) in [6.07, 6.45) is 2.99. The molecule has 1 aromatic rings. The first-order chi connectivity index (χ1) is 9.48. The van der Waals surface area contributed by atoms with E-state index >= 15 is 0 Å². The molecule has 1 aliphatic rings. The fourth-order valence-corrected chi connectivity index (χ4v) is 2.29. The van der Waals surface area contributed by atoms with Gasteiger partial charge in [0.05, 0.1) is 13.2 Å². The second-order valence-corrected chi connectivity index (χ2v) is 5.13. The third-order valence-electron chi connectivity index (χ3n) is 3.32. The minimum absolute atomic E-state index is 0.0680. The average Bonchev–Trinajstić information content (AvgIpc) is 2.82. The van der Waals surface area contributed by atoms with Gasteiger partial charge in [-0.05, 0) is 37.6 Å². The predicted molar refractivity (Wildman–Crippen MR) is 74.7 cm³/mol. The minimum atomic E-state index is -1.01. The van der Waals surface area contributed by atoms with Crippen molar-refractivity contribution < 1.29 is 19.1 Å². The summed E-state index contributed by atoms with van der Waals surface area (Å²) in [5, 5.41) is 0. The van der Waals surface area contributed by atoms with Crippen LogP contribution in [0.5, 0.6) is 5.75 Å². The molecule has 0 heterocycles. The monoisotopic (exact) mass is 274 g/mol. The molecule has 0 saturated carbocycles. The first-order valence-electron chi connectivity index (χ1n) is 6.55. The molecule has 0 saturated heterocycles. The van der Waals surface area contributed by atoms with Crippen LogP contribution in [0.15, 0.2) is 36.4 Å². The van der Waals surface area contributed by atoms with E-state index in [2.05, 4.69) is 0 Å². The molecule has 0 aromatic heterocycles. The highest BCUT2D eigenvalue weighted by Gasteiger charge is 2.44. The molecular formula is C16H18O4. The van der Waals surface area contributed by atoms with Crippen molar-refractivity contribution in [2.24, 2.45) is 0 Å². The number of hydrogen-bond acceptors (Lipinski definition) is 4. The van der Waals surface area contributed by atoms with Crippen LogP contribution in [0.2, 0.25) is 0 Å². The molecule has 1 atom stereocenters. The first kappa shape index (κ1) is 14.3. The number of allylic oxidation sites excluding steroid dienone is 1. The highest BCUT2D eigenvalue weighted by atomic mass is 16.5. The Morgan fingerprint density at radius 1 is 1.25 bits per heavy atom. The zero-order chi connectivity index (χ0) is 14.8. The van der Waals surface area contributed by atoms with Crippen LogP contribution in [-0.4, -0.2) is 25.0 Å². The van der Waals surface area contributed by atoms with Crippen molar-refractivity contribution in [3.8, 4) is 5.75 Å². The number of methoxy groups -OCH3 is 1. The Labute approximate surface area is 118 Å². The molecule has 20 heavy (non-hydrogen) atoms. The quantitative estimate of drug-likeness (QED) is 0.791. The van der Waals surface area contributed by atoms with Gasteiger partial charge in [0.25, 0.3) is 0 Å². The number of carbonyl (C=O) groups is 2. The van der Waals surface area contributed by atoms with Gasteiger partial charge in [0.15, 0.2) is 5.78 Å². The van der Waals surface area contributed by atoms with E-state index in [0.29, 0.717) is 5.75 Å². The molecule has 0 bridgehead atoms. The number of benzene rings is 1. The lowest BCUT2D eigenvalue weighted by molar-refractivity contribution is -0.153. The van der Waals surface area contributed by atoms with Crippen molar-refractivity contribution in [1.82, 2.24) is 0 Å². The Bertz CT molecular complexity index is 542. The lowest BCUT2D eigenvalue weighted by Crippen LogP contribution is -2.36. The van der Waals surface area contributed by atoms with Crippen LogP contribution in [0.3, 0.4) is 0 Å². The van der Waals surface area contributed by atoms with Crippen LogP contribution in [0, 0.1) is 0 Å². The van der Waals surface area contributed by atoms with Gasteiger partial charge in [0.1, 0.15) is 11.2 Å². The van der Waals surface area contributed by atoms with E-state index in [-0.39, 0.29) is 24.3 Å². The molecule has 2 rings (SSSR count). The van der Waals surface area contributed by atoms with Gasteiger partial charge < -0.3 is 9.47 Å². The number of esters is 1. The lowest BCUT2D eigenvalue weighted by Gasteiger charge is -2.26. The van der Waals surface area contributed by atoms with Crippen molar-refractivity contribution in [2.75, 3.05) is 7.11 Å². The molecule has 0 fully saturated rings. The molecule has 0 amide bonds. The first-order valence-corrected chi connectivity index (χ1v) is 6.55. The molecule has 0 aliphatic heterocycles. The summed E-state index contributed by atoms with van der Waals surface area (Å²) in [6.45, 7) is 3.58. The van der Waals surface area contributed by atoms with Crippen LogP contribution in [0.25, 0.3) is 0 Å². The van der Waals surface area contributed by atoms with Crippen molar-refractivity contribution in [3.63, 3.8) is 0 Å². The lowest BCUT2D eigenvalue weighted by atomic mass is 9.80. The average molecular weight is 274 g/mol. The molecule has 106 valence electrons. The number of carbonyl (C=O) groups excluding carboxylic acids is 2. The standard InChI is InChI=1S/C16H18O4/c1-11(2)20-15(18)16(9-8-13(17)10-16)12-4-6-14(19-3)7-5-12/h4-9,11H,10H2,1-3H3/t16-/m0/s1. The van der Waals surface area contributed by atoms with E-state index in [1.807, 2.05) is 0 Å². The molecule has 1 aromatic carbocycles. The summed E-state index contributed by atoms with van der Waals surface area (Å²) in [5.74, 6) is 0.246. The third-order valence-corrected chi connectivity index (χ3v) is 3.32. The van der Waals surface area contributed by atoms with Gasteiger partial charge in [0, 0.05) is 6.42 Å². The molecule has 0 N–H and O–H groups in total. The molecule has 0 radical (unpaired) electrons. The zero-order valence-corrected chi connectivity index (χ0v) is 11.9. The Kier molecular flexibility index (Phi) is 3.93. The van der Waals surface area contributed by atoms with Crippen LogP contribution < -0.4 is 4.74 Å². The van der Waals surface area contributed by atoms with Gasteiger partial charge in [-0.1, -0.05) is 18.2 Å². The van der Waals surface area contributed by atoms with E-state index in [1.165, 1.54) is 6.08 Å². The van der Waals surface area contributed by atoms with Gasteiger partial charge in [0.2, 0.25) is 0 Å². The van der Waals surface area contributed by atoms with Gasteiger partial charge in [-0.3, -0.25) is 9.59 Å². The fraction of sp³-hybridized carbons (Fsp3) is 0.375. The van der Waals surface area contributed by atoms with Crippen LogP contribution in [0.4, 0.5) is 0 Å². The summed E-state index contributed by atoms with van der Waals surface area (Å²) < 4.78 is 10.4. The van der Waals surface area contributed by atoms with Crippen molar-refractivity contribution in [2.45, 2.75) is 31.8 Å². The fourth-order valence-electron chi connectivity index (χ4n) is 2.29. The summed E-state index contributed by atoms with van der Waals surface area (Å²) >= 11 is 0. The van der Waals surface area contributed by atoms with E-state index in [1.54, 1.807) is 51.3 Å². The minimum Gasteiger partial charge on any atom is -0.497 e. The highest BCUT2D eigenvalue weighted by Crippen LogP contribution is 2.37. The second kappa shape index (κ2) is 5.49. The molecular weight excluding hydrogens is 256 g/mol. The maximum Gasteiger partial charge on any atom is 0.321 e. The van der Waals surface area contributed by atoms with Crippen LogP contribution in [0.1, 0.15) is 25.8 Å². The molecule has 1 aliphatic carbocycles. The largest absolute Gasteiger partial charge is 0.497 e. The Morgan fingerprint density at radius 3 is 2.35 bits per heavy atom. The van der Waals surface area contributed by atoms with Gasteiger partial charge >= 0.3 is 5.97 Å². The van der Waals surface area contributed by atoms with Gasteiger partial charge in [-0.25, -0.2) is 0 Å². The topological polar surface area (TPSA) is 52.6 Å². The number of ketones is 1. The van der Waals surface area contributed by atoms with E-state index in [9.17, 15) is 9.59 Å². The third kappa shape index (κ3) is 2.59. The molecule has 4 heteroatoms. The summed E-state index contributed by atoms with van der Waals surface area (Å²) in [4.78, 5) is 24.0. The van der Waals surface area contributed by atoms with E-state index in [0.717, 1.165) is 5.56 Å². The normalized spacial score (nSPS) is 21.3. The summed E-state index contributed by atoms with van der Waals surface area (Å²) in [6, 6.07) is 7.14. The number of ether oxygens (including phenoxy) is 2.